The van der Waals surface area contributed by atoms with Crippen molar-refractivity contribution in [2.45, 2.75) is 12.5 Å². The Bertz CT molecular complexity index is 513. The van der Waals surface area contributed by atoms with E-state index in [1.807, 2.05) is 12.1 Å². The lowest BCUT2D eigenvalue weighted by Crippen LogP contribution is -2.29. The highest BCUT2D eigenvalue weighted by atomic mass is 127. The number of benzene rings is 2. The number of hydrazine groups is 1. The average molecular weight is 417 g/mol. The monoisotopic (exact) mass is 416 g/mol. The first-order chi connectivity index (χ1) is 8.69. The maximum absolute atomic E-state index is 5.67. The maximum Gasteiger partial charge on any atom is 0.0500 e. The van der Waals surface area contributed by atoms with Gasteiger partial charge in [0.15, 0.2) is 0 Å². The summed E-state index contributed by atoms with van der Waals surface area (Å²) in [4.78, 5) is 0. The molecule has 0 aliphatic carbocycles. The van der Waals surface area contributed by atoms with Gasteiger partial charge >= 0.3 is 0 Å². The van der Waals surface area contributed by atoms with Crippen LogP contribution in [0.5, 0.6) is 0 Å². The van der Waals surface area contributed by atoms with Crippen molar-refractivity contribution < 1.29 is 0 Å². The molecule has 0 radical (unpaired) electrons. The van der Waals surface area contributed by atoms with Gasteiger partial charge in [0.2, 0.25) is 0 Å². The number of hydrogen-bond donors (Lipinski definition) is 2. The van der Waals surface area contributed by atoms with Crippen LogP contribution in [0.4, 0.5) is 0 Å². The van der Waals surface area contributed by atoms with Gasteiger partial charge in [0.05, 0.1) is 6.04 Å². The molecule has 2 rings (SSSR count). The molecule has 94 valence electrons. The third kappa shape index (κ3) is 3.78. The number of rotatable bonds is 4. The highest BCUT2D eigenvalue weighted by Gasteiger charge is 2.10. The molecule has 0 aliphatic rings. The normalized spacial score (nSPS) is 12.4. The van der Waals surface area contributed by atoms with Crippen LogP contribution >= 0.6 is 38.5 Å². The smallest absolute Gasteiger partial charge is 0.0500 e. The number of halogens is 2. The minimum absolute atomic E-state index is 0.127. The standard InChI is InChI=1S/C14H14BrIN2/c15-12-3-1-2-11(9-12)14(18-17)8-10-4-6-13(16)7-5-10/h1-7,9,14,18H,8,17H2. The summed E-state index contributed by atoms with van der Waals surface area (Å²) in [5.74, 6) is 5.67. The summed E-state index contributed by atoms with van der Waals surface area (Å²) >= 11 is 5.79. The second kappa shape index (κ2) is 6.65. The molecule has 1 unspecified atom stereocenters. The summed E-state index contributed by atoms with van der Waals surface area (Å²) in [6.45, 7) is 0. The molecule has 1 atom stereocenters. The highest BCUT2D eigenvalue weighted by Crippen LogP contribution is 2.21. The summed E-state index contributed by atoms with van der Waals surface area (Å²) in [5.41, 5.74) is 5.35. The van der Waals surface area contributed by atoms with Crippen molar-refractivity contribution in [2.75, 3.05) is 0 Å². The van der Waals surface area contributed by atoms with Gasteiger partial charge in [-0.25, -0.2) is 0 Å². The molecule has 0 bridgehead atoms. The van der Waals surface area contributed by atoms with Gasteiger partial charge in [-0.05, 0) is 64.4 Å². The van der Waals surface area contributed by atoms with Gasteiger partial charge < -0.3 is 0 Å². The first-order valence-electron chi connectivity index (χ1n) is 5.65. The van der Waals surface area contributed by atoms with Crippen LogP contribution < -0.4 is 11.3 Å². The van der Waals surface area contributed by atoms with Crippen LogP contribution in [0, 0.1) is 3.57 Å². The van der Waals surface area contributed by atoms with Gasteiger partial charge in [-0.3, -0.25) is 11.3 Å². The quantitative estimate of drug-likeness (QED) is 0.452. The molecule has 0 amide bonds. The second-order valence-corrected chi connectivity index (χ2v) is 6.27. The fourth-order valence-electron chi connectivity index (χ4n) is 1.85. The summed E-state index contributed by atoms with van der Waals surface area (Å²) in [6.07, 6.45) is 0.879. The fourth-order valence-corrected chi connectivity index (χ4v) is 2.63. The molecule has 2 aromatic rings. The summed E-state index contributed by atoms with van der Waals surface area (Å²) in [5, 5.41) is 0. The van der Waals surface area contributed by atoms with Crippen molar-refractivity contribution in [2.24, 2.45) is 5.84 Å². The third-order valence-electron chi connectivity index (χ3n) is 2.81. The van der Waals surface area contributed by atoms with Crippen molar-refractivity contribution in [1.29, 1.82) is 0 Å². The molecular formula is C14H14BrIN2. The molecule has 0 spiro atoms. The molecule has 2 aromatic carbocycles. The van der Waals surface area contributed by atoms with Crippen LogP contribution in [0.25, 0.3) is 0 Å². The second-order valence-electron chi connectivity index (χ2n) is 4.10. The molecule has 0 aromatic heterocycles. The van der Waals surface area contributed by atoms with Crippen LogP contribution in [-0.2, 0) is 6.42 Å². The van der Waals surface area contributed by atoms with E-state index in [1.54, 1.807) is 0 Å². The lowest BCUT2D eigenvalue weighted by atomic mass is 10.00. The first kappa shape index (κ1) is 14.0. The zero-order chi connectivity index (χ0) is 13.0. The van der Waals surface area contributed by atoms with Gasteiger partial charge in [0.25, 0.3) is 0 Å². The van der Waals surface area contributed by atoms with Crippen LogP contribution in [0.3, 0.4) is 0 Å². The van der Waals surface area contributed by atoms with Crippen LogP contribution in [0.15, 0.2) is 53.0 Å². The van der Waals surface area contributed by atoms with E-state index in [4.69, 9.17) is 5.84 Å². The molecule has 0 aliphatic heterocycles. The predicted octanol–water partition coefficient (Wildman–Crippen LogP) is 3.80. The Morgan fingerprint density at radius 1 is 1.17 bits per heavy atom. The van der Waals surface area contributed by atoms with E-state index in [9.17, 15) is 0 Å². The van der Waals surface area contributed by atoms with E-state index in [2.05, 4.69) is 80.3 Å². The molecule has 18 heavy (non-hydrogen) atoms. The number of hydrogen-bond acceptors (Lipinski definition) is 2. The Hall–Kier alpha value is -0.430. The molecule has 0 heterocycles. The SMILES string of the molecule is NNC(Cc1ccc(I)cc1)c1cccc(Br)c1. The molecule has 4 heteroatoms. The summed E-state index contributed by atoms with van der Waals surface area (Å²) < 4.78 is 2.32. The Morgan fingerprint density at radius 3 is 2.50 bits per heavy atom. The Kier molecular flexibility index (Phi) is 5.17. The zero-order valence-corrected chi connectivity index (χ0v) is 13.5. The Balaban J connectivity index is 2.17. The van der Waals surface area contributed by atoms with E-state index in [-0.39, 0.29) is 6.04 Å². The van der Waals surface area contributed by atoms with Crippen LogP contribution in [0.1, 0.15) is 17.2 Å². The van der Waals surface area contributed by atoms with Gasteiger partial charge in [-0.2, -0.15) is 0 Å². The van der Waals surface area contributed by atoms with E-state index in [0.717, 1.165) is 10.9 Å². The highest BCUT2D eigenvalue weighted by molar-refractivity contribution is 14.1. The molecule has 2 nitrogen and oxygen atoms in total. The fraction of sp³-hybridized carbons (Fsp3) is 0.143. The van der Waals surface area contributed by atoms with Crippen molar-refractivity contribution in [3.05, 3.63) is 67.7 Å². The van der Waals surface area contributed by atoms with E-state index in [0.29, 0.717) is 0 Å². The van der Waals surface area contributed by atoms with Crippen molar-refractivity contribution in [1.82, 2.24) is 5.43 Å². The third-order valence-corrected chi connectivity index (χ3v) is 4.02. The topological polar surface area (TPSA) is 38.0 Å². The molecule has 0 saturated carbocycles. The van der Waals surface area contributed by atoms with Crippen molar-refractivity contribution in [3.8, 4) is 0 Å². The van der Waals surface area contributed by atoms with Gasteiger partial charge in [-0.1, -0.05) is 40.2 Å². The zero-order valence-electron chi connectivity index (χ0n) is 9.74. The average Bonchev–Trinajstić information content (AvgIpc) is 2.38. The lowest BCUT2D eigenvalue weighted by Gasteiger charge is -2.16. The summed E-state index contributed by atoms with van der Waals surface area (Å²) in [6, 6.07) is 16.9. The van der Waals surface area contributed by atoms with Crippen molar-refractivity contribution >= 4 is 38.5 Å². The Labute approximate surface area is 129 Å². The van der Waals surface area contributed by atoms with E-state index >= 15 is 0 Å². The van der Waals surface area contributed by atoms with Crippen LogP contribution in [-0.4, -0.2) is 0 Å². The number of nitrogens with two attached hydrogens (primary N) is 1. The van der Waals surface area contributed by atoms with Crippen LogP contribution in [0.2, 0.25) is 0 Å². The molecule has 0 saturated heterocycles. The molecule has 3 N–H and O–H groups in total. The lowest BCUT2D eigenvalue weighted by molar-refractivity contribution is 0.552. The van der Waals surface area contributed by atoms with E-state index < -0.39 is 0 Å². The van der Waals surface area contributed by atoms with E-state index in [1.165, 1.54) is 14.7 Å². The van der Waals surface area contributed by atoms with Gasteiger partial charge in [-0.15, -0.1) is 0 Å². The Morgan fingerprint density at radius 2 is 1.89 bits per heavy atom. The van der Waals surface area contributed by atoms with Gasteiger partial charge in [0, 0.05) is 8.04 Å². The maximum atomic E-state index is 5.67. The minimum Gasteiger partial charge on any atom is -0.271 e. The van der Waals surface area contributed by atoms with Gasteiger partial charge in [0.1, 0.15) is 0 Å². The summed E-state index contributed by atoms with van der Waals surface area (Å²) in [7, 11) is 0. The molecular weight excluding hydrogens is 403 g/mol. The molecule has 0 fully saturated rings. The predicted molar refractivity (Wildman–Crippen MR) is 87.1 cm³/mol. The largest absolute Gasteiger partial charge is 0.271 e. The number of nitrogens with one attached hydrogen (secondary N) is 1. The van der Waals surface area contributed by atoms with Crippen molar-refractivity contribution in [3.63, 3.8) is 0 Å². The first-order valence-corrected chi connectivity index (χ1v) is 7.52. The minimum atomic E-state index is 0.127.